The molecule has 6 nitrogen and oxygen atoms in total. The smallest absolute Gasteiger partial charge is 0.661 e. The second kappa shape index (κ2) is 16.1. The summed E-state index contributed by atoms with van der Waals surface area (Å²) in [5.41, 5.74) is -9.99. The van der Waals surface area contributed by atoms with Crippen molar-refractivity contribution in [1.29, 1.82) is 0 Å². The van der Waals surface area contributed by atoms with Crippen LogP contribution < -0.4 is 0 Å². The van der Waals surface area contributed by atoms with Crippen LogP contribution in [0.15, 0.2) is 99.6 Å². The van der Waals surface area contributed by atoms with Crippen molar-refractivity contribution in [1.82, 2.24) is 0 Å². The van der Waals surface area contributed by atoms with Gasteiger partial charge in [0.15, 0.2) is 34.9 Å². The molecule has 0 unspecified atom stereocenters. The molecule has 3 aromatic carbocycles. The van der Waals surface area contributed by atoms with Crippen LogP contribution >= 0.6 is 0 Å². The zero-order chi connectivity index (χ0) is 31.4. The van der Waals surface area contributed by atoms with Crippen LogP contribution in [0.5, 0.6) is 0 Å². The highest BCUT2D eigenvalue weighted by Gasteiger charge is 2.37. The van der Waals surface area contributed by atoms with Gasteiger partial charge in [-0.2, -0.15) is 26.3 Å². The summed E-state index contributed by atoms with van der Waals surface area (Å²) in [7, 11) is -12.2. The van der Waals surface area contributed by atoms with Crippen LogP contribution in [0.1, 0.15) is 5.56 Å². The van der Waals surface area contributed by atoms with Crippen molar-refractivity contribution in [2.45, 2.75) is 32.6 Å². The van der Waals surface area contributed by atoms with E-state index in [1.54, 1.807) is 0 Å². The standard InChI is InChI=1S/C19H17S.2CHF3O3S.F3S/c1-16-12-14-19(15-13-16)20(17-8-4-2-5-9-17)18-10-6-3-7-11-18;2*2-1(3,4)8(5,6)7;1-4(2)3/h2-15H,1H3;2*(H,5,6,7);/q+1;;;+1/p-2. The Morgan fingerprint density at radius 2 is 0.775 bits per heavy atom. The van der Waals surface area contributed by atoms with Gasteiger partial charge in [-0.1, -0.05) is 54.1 Å². The maximum Gasteiger partial charge on any atom is 0.661 e. The lowest BCUT2D eigenvalue weighted by Crippen LogP contribution is -2.21. The van der Waals surface area contributed by atoms with Crippen LogP contribution in [0.2, 0.25) is 0 Å². The van der Waals surface area contributed by atoms with Crippen LogP contribution in [0.3, 0.4) is 0 Å². The molecule has 0 saturated heterocycles. The van der Waals surface area contributed by atoms with Crippen molar-refractivity contribution in [2.24, 2.45) is 0 Å². The summed E-state index contributed by atoms with van der Waals surface area (Å²) in [6.45, 7) is 2.13. The number of hydrogen-bond acceptors (Lipinski definition) is 6. The molecule has 0 atom stereocenters. The Morgan fingerprint density at radius 3 is 1.00 bits per heavy atom. The van der Waals surface area contributed by atoms with E-state index in [1.165, 1.54) is 20.2 Å². The molecule has 0 heterocycles. The summed E-state index contributed by atoms with van der Waals surface area (Å²) in [5, 5.41) is 0. The molecule has 40 heavy (non-hydrogen) atoms. The lowest BCUT2D eigenvalue weighted by molar-refractivity contribution is -0.0522. The number of aryl methyl sites for hydroxylation is 1. The molecule has 3 rings (SSSR count). The molecule has 0 saturated carbocycles. The van der Waals surface area contributed by atoms with Crippen molar-refractivity contribution in [2.75, 3.05) is 0 Å². The second-order valence-corrected chi connectivity index (χ2v) is 11.8. The highest BCUT2D eigenvalue weighted by Crippen LogP contribution is 2.31. The molecule has 0 bridgehead atoms. The van der Waals surface area contributed by atoms with E-state index in [9.17, 15) is 38.0 Å². The number of alkyl halides is 6. The fourth-order valence-electron chi connectivity index (χ4n) is 2.20. The molecule has 0 aromatic heterocycles. The van der Waals surface area contributed by atoms with Crippen LogP contribution in [0, 0.1) is 6.92 Å². The first-order valence-corrected chi connectivity index (χ1v) is 14.7. The Hall–Kier alpha value is -2.45. The van der Waals surface area contributed by atoms with E-state index in [0.717, 1.165) is 0 Å². The fourth-order valence-corrected chi connectivity index (χ4v) is 4.28. The SMILES string of the molecule is Cc1ccc([S+](c2ccccc2)c2ccccc2)cc1.F[S+](F)F.O=S(=O)([O-])C(F)(F)F.O=S(=O)([O-])C(F)(F)F. The minimum absolute atomic E-state index is 0.0229. The molecule has 0 aliphatic carbocycles. The first kappa shape index (κ1) is 37.6. The molecule has 0 fully saturated rings. The Kier molecular flexibility index (Phi) is 15.1. The fraction of sp³-hybridized carbons (Fsp3) is 0.143. The highest BCUT2D eigenvalue weighted by molar-refractivity contribution is 7.97. The van der Waals surface area contributed by atoms with Crippen LogP contribution in [0.4, 0.5) is 38.0 Å². The van der Waals surface area contributed by atoms with Gasteiger partial charge in [0.25, 0.3) is 0 Å². The molecule has 0 N–H and O–H groups in total. The molecule has 0 amide bonds. The number of halogens is 9. The van der Waals surface area contributed by atoms with Gasteiger partial charge in [-0.3, -0.25) is 0 Å². The average molecular weight is 665 g/mol. The highest BCUT2D eigenvalue weighted by atomic mass is 32.3. The van der Waals surface area contributed by atoms with Gasteiger partial charge < -0.3 is 9.11 Å². The average Bonchev–Trinajstić information content (AvgIpc) is 2.80. The van der Waals surface area contributed by atoms with E-state index < -0.39 is 43.3 Å². The number of benzene rings is 3. The second-order valence-electron chi connectivity index (χ2n) is 6.72. The Bertz CT molecular complexity index is 1270. The van der Waals surface area contributed by atoms with Crippen LogP contribution in [0.25, 0.3) is 0 Å². The van der Waals surface area contributed by atoms with E-state index in [0.29, 0.717) is 0 Å². The normalized spacial score (nSPS) is 11.8. The first-order valence-electron chi connectivity index (χ1n) is 9.76. The Morgan fingerprint density at radius 1 is 0.550 bits per heavy atom. The van der Waals surface area contributed by atoms with Gasteiger partial charge in [-0.15, -0.1) is 0 Å². The zero-order valence-electron chi connectivity index (χ0n) is 19.6. The number of hydrogen-bond donors (Lipinski definition) is 0. The summed E-state index contributed by atoms with van der Waals surface area (Å²) in [5.74, 6) is 0. The van der Waals surface area contributed by atoms with E-state index in [-0.39, 0.29) is 10.9 Å². The molecule has 3 aromatic rings. The molecule has 0 aliphatic heterocycles. The molecule has 19 heteroatoms. The maximum atomic E-state index is 10.7. The van der Waals surface area contributed by atoms with Crippen molar-refractivity contribution >= 4 is 43.2 Å². The lowest BCUT2D eigenvalue weighted by atomic mass is 10.2. The van der Waals surface area contributed by atoms with Crippen molar-refractivity contribution in [3.8, 4) is 0 Å². The van der Waals surface area contributed by atoms with Gasteiger partial charge >= 0.3 is 23.1 Å². The summed E-state index contributed by atoms with van der Waals surface area (Å²) < 4.78 is 147. The minimum atomic E-state index is -6.09. The van der Waals surface area contributed by atoms with Gasteiger partial charge in [-0.25, -0.2) is 16.8 Å². The van der Waals surface area contributed by atoms with E-state index >= 15 is 0 Å². The van der Waals surface area contributed by atoms with E-state index in [4.69, 9.17) is 25.9 Å². The van der Waals surface area contributed by atoms with Gasteiger partial charge in [0, 0.05) is 0 Å². The Labute approximate surface area is 229 Å². The summed E-state index contributed by atoms with van der Waals surface area (Å²) in [4.78, 5) is 4.10. The van der Waals surface area contributed by atoms with Gasteiger partial charge in [-0.05, 0) is 43.3 Å². The largest absolute Gasteiger partial charge is 0.741 e. The number of rotatable bonds is 3. The third-order valence-electron chi connectivity index (χ3n) is 3.78. The monoisotopic (exact) mass is 664 g/mol. The summed E-state index contributed by atoms with van der Waals surface area (Å²) in [6.07, 6.45) is 0. The van der Waals surface area contributed by atoms with Gasteiger partial charge in [0.1, 0.15) is 11.7 Å². The third-order valence-corrected chi connectivity index (χ3v) is 7.15. The van der Waals surface area contributed by atoms with Gasteiger partial charge in [0.2, 0.25) is 0 Å². The topological polar surface area (TPSA) is 114 Å². The quantitative estimate of drug-likeness (QED) is 0.138. The Balaban J connectivity index is 0.000000632. The molecule has 0 radical (unpaired) electrons. The predicted molar refractivity (Wildman–Crippen MR) is 128 cm³/mol. The van der Waals surface area contributed by atoms with Crippen molar-refractivity contribution in [3.63, 3.8) is 0 Å². The van der Waals surface area contributed by atoms with Crippen molar-refractivity contribution in [3.05, 3.63) is 90.5 Å². The molecule has 0 spiro atoms. The third kappa shape index (κ3) is 14.8. The minimum Gasteiger partial charge on any atom is -0.741 e. The summed E-state index contributed by atoms with van der Waals surface area (Å²) >= 11 is -3.86. The van der Waals surface area contributed by atoms with Crippen LogP contribution in [-0.2, 0) is 43.2 Å². The zero-order valence-corrected chi connectivity index (χ0v) is 22.8. The lowest BCUT2D eigenvalue weighted by Gasteiger charge is -2.08. The van der Waals surface area contributed by atoms with Gasteiger partial charge in [0.05, 0.1) is 10.9 Å². The van der Waals surface area contributed by atoms with Crippen molar-refractivity contribution < 1.29 is 63.9 Å². The first-order chi connectivity index (χ1) is 18.1. The summed E-state index contributed by atoms with van der Waals surface area (Å²) in [6, 6.07) is 30.4. The molecule has 0 aliphatic rings. The molecule has 224 valence electrons. The van der Waals surface area contributed by atoms with E-state index in [2.05, 4.69) is 91.9 Å². The molecular weight excluding hydrogens is 647 g/mol. The van der Waals surface area contributed by atoms with Crippen LogP contribution in [-0.4, -0.2) is 37.0 Å². The van der Waals surface area contributed by atoms with E-state index in [1.807, 2.05) is 0 Å². The molecular formula is C21H17F9O6S4. The maximum absolute atomic E-state index is 10.7. The predicted octanol–water partition coefficient (Wildman–Crippen LogP) is 6.45.